The molecule has 88 valence electrons. The normalized spacial score (nSPS) is 17.8. The van der Waals surface area contributed by atoms with E-state index in [-0.39, 0.29) is 12.7 Å². The van der Waals surface area contributed by atoms with Crippen molar-refractivity contribution in [2.45, 2.75) is 25.6 Å². The van der Waals surface area contributed by atoms with Gasteiger partial charge in [0.1, 0.15) is 0 Å². The number of piperidine rings is 1. The molecule has 0 radical (unpaired) electrons. The lowest BCUT2D eigenvalue weighted by Gasteiger charge is -2.32. The smallest absolute Gasteiger partial charge is 0.0702 e. The zero-order chi connectivity index (χ0) is 11.5. The zero-order valence-corrected chi connectivity index (χ0v) is 10.7. The van der Waals surface area contributed by atoms with Crippen molar-refractivity contribution in [1.82, 2.24) is 0 Å². The van der Waals surface area contributed by atoms with Gasteiger partial charge in [-0.1, -0.05) is 15.9 Å². The molecular formula is C12H16BrNO2. The van der Waals surface area contributed by atoms with Crippen LogP contribution in [0.15, 0.2) is 22.7 Å². The number of hydrogen-bond donors (Lipinski definition) is 2. The Hall–Kier alpha value is -0.580. The molecule has 0 unspecified atom stereocenters. The molecule has 1 saturated heterocycles. The van der Waals surface area contributed by atoms with Crippen LogP contribution in [0.3, 0.4) is 0 Å². The fourth-order valence-corrected chi connectivity index (χ4v) is 2.50. The predicted molar refractivity (Wildman–Crippen MR) is 67.5 cm³/mol. The van der Waals surface area contributed by atoms with Crippen LogP contribution in [0.2, 0.25) is 0 Å². The molecule has 0 spiro atoms. The van der Waals surface area contributed by atoms with Crippen molar-refractivity contribution in [3.63, 3.8) is 0 Å². The van der Waals surface area contributed by atoms with Gasteiger partial charge in [0.25, 0.3) is 0 Å². The molecule has 2 rings (SSSR count). The summed E-state index contributed by atoms with van der Waals surface area (Å²) in [6, 6.07) is 5.95. The Kier molecular flexibility index (Phi) is 3.84. The molecule has 1 aliphatic heterocycles. The lowest BCUT2D eigenvalue weighted by Crippen LogP contribution is -2.36. The van der Waals surface area contributed by atoms with Crippen molar-refractivity contribution < 1.29 is 10.2 Å². The molecule has 1 aliphatic rings. The molecular weight excluding hydrogens is 270 g/mol. The monoisotopic (exact) mass is 285 g/mol. The van der Waals surface area contributed by atoms with Crippen LogP contribution in [0.5, 0.6) is 0 Å². The quantitative estimate of drug-likeness (QED) is 0.872. The number of anilines is 1. The van der Waals surface area contributed by atoms with Gasteiger partial charge < -0.3 is 15.1 Å². The Morgan fingerprint density at radius 2 is 2.00 bits per heavy atom. The van der Waals surface area contributed by atoms with Crippen LogP contribution in [-0.4, -0.2) is 29.4 Å². The van der Waals surface area contributed by atoms with E-state index < -0.39 is 0 Å². The molecule has 0 aliphatic carbocycles. The van der Waals surface area contributed by atoms with E-state index in [0.717, 1.165) is 41.7 Å². The highest BCUT2D eigenvalue weighted by molar-refractivity contribution is 9.10. The second kappa shape index (κ2) is 5.17. The summed E-state index contributed by atoms with van der Waals surface area (Å²) in [6.45, 7) is 1.76. The summed E-state index contributed by atoms with van der Waals surface area (Å²) < 4.78 is 0.984. The van der Waals surface area contributed by atoms with E-state index in [9.17, 15) is 10.2 Å². The number of halogens is 1. The van der Waals surface area contributed by atoms with E-state index in [2.05, 4.69) is 20.8 Å². The van der Waals surface area contributed by atoms with Crippen molar-refractivity contribution in [2.75, 3.05) is 18.0 Å². The highest BCUT2D eigenvalue weighted by atomic mass is 79.9. The maximum absolute atomic E-state index is 9.46. The third-order valence-electron chi connectivity index (χ3n) is 3.02. The second-order valence-corrected chi connectivity index (χ2v) is 5.07. The Labute approximate surface area is 104 Å². The minimum atomic E-state index is -0.163. The first-order valence-corrected chi connectivity index (χ1v) is 6.32. The summed E-state index contributed by atoms with van der Waals surface area (Å²) in [5.74, 6) is 0. The molecule has 0 bridgehead atoms. The number of benzene rings is 1. The van der Waals surface area contributed by atoms with Crippen molar-refractivity contribution in [1.29, 1.82) is 0 Å². The summed E-state index contributed by atoms with van der Waals surface area (Å²) in [6.07, 6.45) is 1.45. The number of aliphatic hydroxyl groups is 2. The van der Waals surface area contributed by atoms with Crippen LogP contribution in [0.4, 0.5) is 5.69 Å². The standard InChI is InChI=1S/C12H16BrNO2/c13-10-1-2-12(9(7-10)8-15)14-5-3-11(16)4-6-14/h1-2,7,11,15-16H,3-6,8H2. The minimum absolute atomic E-state index is 0.0494. The predicted octanol–water partition coefficient (Wildman–Crippen LogP) is 1.90. The number of aliphatic hydroxyl groups excluding tert-OH is 2. The van der Waals surface area contributed by atoms with E-state index in [0.29, 0.717) is 0 Å². The molecule has 1 aromatic carbocycles. The van der Waals surface area contributed by atoms with Crippen molar-refractivity contribution >= 4 is 21.6 Å². The van der Waals surface area contributed by atoms with Gasteiger partial charge in [-0.3, -0.25) is 0 Å². The summed E-state index contributed by atoms with van der Waals surface area (Å²) in [5.41, 5.74) is 2.02. The van der Waals surface area contributed by atoms with Gasteiger partial charge in [0.15, 0.2) is 0 Å². The molecule has 0 amide bonds. The molecule has 16 heavy (non-hydrogen) atoms. The molecule has 0 saturated carbocycles. The molecule has 0 aromatic heterocycles. The summed E-state index contributed by atoms with van der Waals surface area (Å²) >= 11 is 3.40. The van der Waals surface area contributed by atoms with Crippen LogP contribution in [0.1, 0.15) is 18.4 Å². The number of hydrogen-bond acceptors (Lipinski definition) is 3. The lowest BCUT2D eigenvalue weighted by atomic mass is 10.1. The van der Waals surface area contributed by atoms with Crippen LogP contribution in [0.25, 0.3) is 0 Å². The number of nitrogens with zero attached hydrogens (tertiary/aromatic N) is 1. The van der Waals surface area contributed by atoms with Gasteiger partial charge >= 0.3 is 0 Å². The third kappa shape index (κ3) is 2.56. The van der Waals surface area contributed by atoms with Gasteiger partial charge in [0.05, 0.1) is 12.7 Å². The van der Waals surface area contributed by atoms with Gasteiger partial charge in [0, 0.05) is 28.8 Å². The second-order valence-electron chi connectivity index (χ2n) is 4.15. The highest BCUT2D eigenvalue weighted by Gasteiger charge is 2.19. The molecule has 3 nitrogen and oxygen atoms in total. The fraction of sp³-hybridized carbons (Fsp3) is 0.500. The minimum Gasteiger partial charge on any atom is -0.393 e. The van der Waals surface area contributed by atoms with Crippen molar-refractivity contribution in [3.05, 3.63) is 28.2 Å². The van der Waals surface area contributed by atoms with Crippen LogP contribution < -0.4 is 4.90 Å². The first-order valence-electron chi connectivity index (χ1n) is 5.53. The van der Waals surface area contributed by atoms with Gasteiger partial charge in [-0.25, -0.2) is 0 Å². The average molecular weight is 286 g/mol. The Balaban J connectivity index is 2.19. The fourth-order valence-electron chi connectivity index (χ4n) is 2.10. The van der Waals surface area contributed by atoms with Gasteiger partial charge in [-0.05, 0) is 31.0 Å². The Morgan fingerprint density at radius 1 is 1.31 bits per heavy atom. The van der Waals surface area contributed by atoms with Crippen LogP contribution in [0, 0.1) is 0 Å². The van der Waals surface area contributed by atoms with Crippen LogP contribution in [-0.2, 0) is 6.61 Å². The van der Waals surface area contributed by atoms with E-state index in [1.54, 1.807) is 0 Å². The van der Waals surface area contributed by atoms with E-state index in [1.807, 2.05) is 18.2 Å². The molecule has 4 heteroatoms. The maximum Gasteiger partial charge on any atom is 0.0702 e. The highest BCUT2D eigenvalue weighted by Crippen LogP contribution is 2.27. The SMILES string of the molecule is OCc1cc(Br)ccc1N1CCC(O)CC1. The molecule has 0 atom stereocenters. The Bertz CT molecular complexity index is 362. The van der Waals surface area contributed by atoms with Gasteiger partial charge in [-0.15, -0.1) is 0 Å². The first kappa shape index (κ1) is 11.9. The maximum atomic E-state index is 9.46. The topological polar surface area (TPSA) is 43.7 Å². The van der Waals surface area contributed by atoms with Gasteiger partial charge in [0.2, 0.25) is 0 Å². The Morgan fingerprint density at radius 3 is 2.62 bits per heavy atom. The third-order valence-corrected chi connectivity index (χ3v) is 3.51. The van der Waals surface area contributed by atoms with E-state index in [1.165, 1.54) is 0 Å². The van der Waals surface area contributed by atoms with Crippen molar-refractivity contribution in [2.24, 2.45) is 0 Å². The molecule has 1 aromatic rings. The zero-order valence-electron chi connectivity index (χ0n) is 9.06. The molecule has 2 N–H and O–H groups in total. The molecule has 1 fully saturated rings. The van der Waals surface area contributed by atoms with Gasteiger partial charge in [-0.2, -0.15) is 0 Å². The van der Waals surface area contributed by atoms with Crippen molar-refractivity contribution in [3.8, 4) is 0 Å². The number of rotatable bonds is 2. The summed E-state index contributed by atoms with van der Waals surface area (Å²) in [4.78, 5) is 2.23. The first-order chi connectivity index (χ1) is 7.70. The van der Waals surface area contributed by atoms with Crippen LogP contribution >= 0.6 is 15.9 Å². The largest absolute Gasteiger partial charge is 0.393 e. The summed E-state index contributed by atoms with van der Waals surface area (Å²) in [5, 5.41) is 18.8. The van der Waals surface area contributed by atoms with E-state index in [4.69, 9.17) is 0 Å². The lowest BCUT2D eigenvalue weighted by molar-refractivity contribution is 0.145. The molecule has 1 heterocycles. The average Bonchev–Trinajstić information content (AvgIpc) is 2.30. The summed E-state index contributed by atoms with van der Waals surface area (Å²) in [7, 11) is 0. The van der Waals surface area contributed by atoms with E-state index >= 15 is 0 Å².